The van der Waals surface area contributed by atoms with Crippen molar-refractivity contribution in [2.75, 3.05) is 26.3 Å². The van der Waals surface area contributed by atoms with E-state index in [-0.39, 0.29) is 5.91 Å². The first-order valence-electron chi connectivity index (χ1n) is 6.21. The average Bonchev–Trinajstić information content (AvgIpc) is 2.75. The van der Waals surface area contributed by atoms with Gasteiger partial charge < -0.3 is 14.6 Å². The number of hydrogen-bond donors (Lipinski definition) is 1. The number of aromatic amines is 1. The number of amides is 1. The molecule has 1 N–H and O–H groups in total. The Morgan fingerprint density at radius 1 is 1.28 bits per heavy atom. The van der Waals surface area contributed by atoms with E-state index in [2.05, 4.69) is 4.98 Å². The van der Waals surface area contributed by atoms with Crippen molar-refractivity contribution in [1.29, 1.82) is 0 Å². The third kappa shape index (κ3) is 1.78. The number of rotatable bonds is 1. The van der Waals surface area contributed by atoms with Gasteiger partial charge in [-0.25, -0.2) is 0 Å². The second kappa shape index (κ2) is 4.46. The highest BCUT2D eigenvalue weighted by Gasteiger charge is 2.23. The summed E-state index contributed by atoms with van der Waals surface area (Å²) in [4.78, 5) is 17.7. The first-order chi connectivity index (χ1) is 8.77. The molecule has 0 atom stereocenters. The molecule has 1 aliphatic heterocycles. The number of aromatic nitrogens is 1. The lowest BCUT2D eigenvalue weighted by Gasteiger charge is -2.27. The zero-order chi connectivity index (χ0) is 12.5. The Morgan fingerprint density at radius 2 is 2.00 bits per heavy atom. The monoisotopic (exact) mass is 244 g/mol. The number of carbonyl (C=O) groups is 1. The summed E-state index contributed by atoms with van der Waals surface area (Å²) >= 11 is 0. The summed E-state index contributed by atoms with van der Waals surface area (Å²) in [5.74, 6) is 0.105. The van der Waals surface area contributed by atoms with E-state index in [1.807, 2.05) is 36.1 Å². The molecule has 4 heteroatoms. The third-order valence-electron chi connectivity index (χ3n) is 3.41. The number of fused-ring (bicyclic) bond motifs is 1. The van der Waals surface area contributed by atoms with Crippen LogP contribution >= 0.6 is 0 Å². The fraction of sp³-hybridized carbons (Fsp3) is 0.357. The number of nitrogens with one attached hydrogen (secondary N) is 1. The molecule has 2 aromatic rings. The molecule has 0 aliphatic carbocycles. The van der Waals surface area contributed by atoms with Crippen molar-refractivity contribution in [3.8, 4) is 0 Å². The fourth-order valence-electron chi connectivity index (χ4n) is 2.48. The highest BCUT2D eigenvalue weighted by atomic mass is 16.5. The van der Waals surface area contributed by atoms with Crippen molar-refractivity contribution in [2.45, 2.75) is 6.92 Å². The van der Waals surface area contributed by atoms with Gasteiger partial charge in [0.2, 0.25) is 0 Å². The van der Waals surface area contributed by atoms with Crippen molar-refractivity contribution in [3.05, 3.63) is 35.5 Å². The van der Waals surface area contributed by atoms with E-state index in [1.54, 1.807) is 0 Å². The van der Waals surface area contributed by atoms with E-state index in [0.29, 0.717) is 26.3 Å². The van der Waals surface area contributed by atoms with Gasteiger partial charge in [-0.05, 0) is 13.0 Å². The van der Waals surface area contributed by atoms with Gasteiger partial charge in [-0.1, -0.05) is 18.2 Å². The lowest BCUT2D eigenvalue weighted by Crippen LogP contribution is -2.40. The molecular weight excluding hydrogens is 228 g/mol. The van der Waals surface area contributed by atoms with Crippen molar-refractivity contribution < 1.29 is 9.53 Å². The van der Waals surface area contributed by atoms with Gasteiger partial charge in [0, 0.05) is 29.7 Å². The van der Waals surface area contributed by atoms with E-state index in [9.17, 15) is 4.79 Å². The average molecular weight is 244 g/mol. The quantitative estimate of drug-likeness (QED) is 0.833. The van der Waals surface area contributed by atoms with Crippen LogP contribution in [0.25, 0.3) is 10.9 Å². The number of nitrogens with zero attached hydrogens (tertiary/aromatic N) is 1. The van der Waals surface area contributed by atoms with Crippen molar-refractivity contribution in [3.63, 3.8) is 0 Å². The Kier molecular flexibility index (Phi) is 2.80. The summed E-state index contributed by atoms with van der Waals surface area (Å²) in [7, 11) is 0. The van der Waals surface area contributed by atoms with E-state index < -0.39 is 0 Å². The predicted molar refractivity (Wildman–Crippen MR) is 69.8 cm³/mol. The standard InChI is InChI=1S/C14H16N2O2/c1-10-13(11-4-2-3-5-12(11)15-10)14(17)16-6-8-18-9-7-16/h2-5,15H,6-9H2,1H3. The molecule has 0 saturated carbocycles. The minimum atomic E-state index is 0.105. The molecule has 18 heavy (non-hydrogen) atoms. The largest absolute Gasteiger partial charge is 0.378 e. The fourth-order valence-corrected chi connectivity index (χ4v) is 2.48. The SMILES string of the molecule is Cc1[nH]c2ccccc2c1C(=O)N1CCOCC1. The van der Waals surface area contributed by atoms with Gasteiger partial charge in [0.15, 0.2) is 0 Å². The van der Waals surface area contributed by atoms with Crippen LogP contribution in [0.3, 0.4) is 0 Å². The molecule has 94 valence electrons. The second-order valence-corrected chi connectivity index (χ2v) is 4.58. The van der Waals surface area contributed by atoms with Gasteiger partial charge in [0.25, 0.3) is 5.91 Å². The Balaban J connectivity index is 2.02. The van der Waals surface area contributed by atoms with Crippen LogP contribution in [-0.2, 0) is 4.74 Å². The van der Waals surface area contributed by atoms with Gasteiger partial charge >= 0.3 is 0 Å². The normalized spacial score (nSPS) is 16.2. The topological polar surface area (TPSA) is 45.3 Å². The number of morpholine rings is 1. The molecule has 2 heterocycles. The van der Waals surface area contributed by atoms with Crippen molar-refractivity contribution >= 4 is 16.8 Å². The molecule has 1 fully saturated rings. The van der Waals surface area contributed by atoms with Crippen molar-refractivity contribution in [1.82, 2.24) is 9.88 Å². The van der Waals surface area contributed by atoms with Gasteiger partial charge in [0.1, 0.15) is 0 Å². The molecular formula is C14H16N2O2. The van der Waals surface area contributed by atoms with Crippen molar-refractivity contribution in [2.24, 2.45) is 0 Å². The van der Waals surface area contributed by atoms with Gasteiger partial charge in [-0.15, -0.1) is 0 Å². The second-order valence-electron chi connectivity index (χ2n) is 4.58. The van der Waals surface area contributed by atoms with Crippen LogP contribution in [0.2, 0.25) is 0 Å². The van der Waals surface area contributed by atoms with Crippen LogP contribution in [0.5, 0.6) is 0 Å². The van der Waals surface area contributed by atoms with Gasteiger partial charge in [-0.3, -0.25) is 4.79 Å². The molecule has 0 spiro atoms. The summed E-state index contributed by atoms with van der Waals surface area (Å²) < 4.78 is 5.28. The van der Waals surface area contributed by atoms with Gasteiger partial charge in [-0.2, -0.15) is 0 Å². The van der Waals surface area contributed by atoms with Crippen LogP contribution in [0.15, 0.2) is 24.3 Å². The lowest BCUT2D eigenvalue weighted by molar-refractivity contribution is 0.0303. The Morgan fingerprint density at radius 3 is 2.78 bits per heavy atom. The minimum Gasteiger partial charge on any atom is -0.378 e. The maximum absolute atomic E-state index is 12.5. The summed E-state index contributed by atoms with van der Waals surface area (Å²) in [6.45, 7) is 4.57. The Bertz CT molecular complexity index is 582. The minimum absolute atomic E-state index is 0.105. The molecule has 1 aromatic carbocycles. The van der Waals surface area contributed by atoms with E-state index in [1.165, 1.54) is 0 Å². The molecule has 0 bridgehead atoms. The van der Waals surface area contributed by atoms with Gasteiger partial charge in [0.05, 0.1) is 18.8 Å². The molecule has 1 saturated heterocycles. The van der Waals surface area contributed by atoms with E-state index >= 15 is 0 Å². The lowest BCUT2D eigenvalue weighted by atomic mass is 10.1. The first-order valence-corrected chi connectivity index (χ1v) is 6.21. The highest BCUT2D eigenvalue weighted by molar-refractivity contribution is 6.08. The van der Waals surface area contributed by atoms with Crippen LogP contribution in [0.1, 0.15) is 16.1 Å². The number of ether oxygens (including phenoxy) is 1. The van der Waals surface area contributed by atoms with Crippen LogP contribution in [0.4, 0.5) is 0 Å². The number of H-pyrrole nitrogens is 1. The summed E-state index contributed by atoms with van der Waals surface area (Å²) in [5.41, 5.74) is 2.76. The van der Waals surface area contributed by atoms with Crippen LogP contribution in [0, 0.1) is 6.92 Å². The summed E-state index contributed by atoms with van der Waals surface area (Å²) in [5, 5.41) is 1.01. The molecule has 3 rings (SSSR count). The van der Waals surface area contributed by atoms with Crippen LogP contribution in [-0.4, -0.2) is 42.1 Å². The molecule has 1 amide bonds. The molecule has 0 unspecified atom stereocenters. The first kappa shape index (κ1) is 11.3. The summed E-state index contributed by atoms with van der Waals surface area (Å²) in [6, 6.07) is 7.93. The zero-order valence-corrected chi connectivity index (χ0v) is 10.4. The highest BCUT2D eigenvalue weighted by Crippen LogP contribution is 2.23. The molecule has 1 aromatic heterocycles. The molecule has 1 aliphatic rings. The predicted octanol–water partition coefficient (Wildman–Crippen LogP) is 1.95. The van der Waals surface area contributed by atoms with E-state index in [4.69, 9.17) is 4.74 Å². The number of aryl methyl sites for hydroxylation is 1. The zero-order valence-electron chi connectivity index (χ0n) is 10.4. The maximum Gasteiger partial charge on any atom is 0.256 e. The smallest absolute Gasteiger partial charge is 0.256 e. The Labute approximate surface area is 106 Å². The van der Waals surface area contributed by atoms with Crippen LogP contribution < -0.4 is 0 Å². The number of para-hydroxylation sites is 1. The molecule has 0 radical (unpaired) electrons. The Hall–Kier alpha value is -1.81. The maximum atomic E-state index is 12.5. The third-order valence-corrected chi connectivity index (χ3v) is 3.41. The van der Waals surface area contributed by atoms with E-state index in [0.717, 1.165) is 22.2 Å². The number of benzene rings is 1. The number of hydrogen-bond acceptors (Lipinski definition) is 2. The molecule has 4 nitrogen and oxygen atoms in total. The summed E-state index contributed by atoms with van der Waals surface area (Å²) in [6.07, 6.45) is 0. The number of carbonyl (C=O) groups excluding carboxylic acids is 1.